The molecule has 0 spiro atoms. The van der Waals surface area contributed by atoms with Crippen molar-refractivity contribution in [2.24, 2.45) is 0 Å². The summed E-state index contributed by atoms with van der Waals surface area (Å²) in [5.41, 5.74) is -1.88. The topological polar surface area (TPSA) is 68.9 Å². The zero-order valence-electron chi connectivity index (χ0n) is 15.1. The Bertz CT molecular complexity index is 1140. The molecule has 29 heavy (non-hydrogen) atoms. The molecule has 0 aliphatic rings. The minimum absolute atomic E-state index is 0.149. The normalized spacial score (nSPS) is 11.8. The number of carbonyl (C=O) groups excluding carboxylic acids is 1. The summed E-state index contributed by atoms with van der Waals surface area (Å²) in [7, 11) is 0. The van der Waals surface area contributed by atoms with Crippen LogP contribution in [0.15, 0.2) is 35.3 Å². The summed E-state index contributed by atoms with van der Waals surface area (Å²) in [5, 5.41) is 6.14. The monoisotopic (exact) mass is 430 g/mol. The Morgan fingerprint density at radius 3 is 2.62 bits per heavy atom. The number of rotatable bonds is 5. The molecule has 0 saturated carbocycles. The quantitative estimate of drug-likeness (QED) is 0.621. The van der Waals surface area contributed by atoms with Crippen molar-refractivity contribution in [3.63, 3.8) is 0 Å². The number of fused-ring (bicyclic) bond motifs is 1. The van der Waals surface area contributed by atoms with E-state index in [0.29, 0.717) is 12.6 Å². The number of hydrogen-bond donors (Lipinski definition) is 1. The zero-order chi connectivity index (χ0) is 21.3. The van der Waals surface area contributed by atoms with Crippen molar-refractivity contribution in [1.82, 2.24) is 14.3 Å². The Labute approximate surface area is 166 Å². The summed E-state index contributed by atoms with van der Waals surface area (Å²) in [5.74, 6) is -1.17. The fourth-order valence-electron chi connectivity index (χ4n) is 2.81. The summed E-state index contributed by atoms with van der Waals surface area (Å²) < 4.78 is 55.3. The number of hydrogen-bond acceptors (Lipinski definition) is 3. The highest BCUT2D eigenvalue weighted by Gasteiger charge is 2.35. The number of alkyl halides is 3. The predicted octanol–water partition coefficient (Wildman–Crippen LogP) is 4.06. The highest BCUT2D eigenvalue weighted by molar-refractivity contribution is 6.31. The van der Waals surface area contributed by atoms with Crippen molar-refractivity contribution in [3.05, 3.63) is 57.2 Å². The van der Waals surface area contributed by atoms with Crippen LogP contribution < -0.4 is 10.9 Å². The lowest BCUT2D eigenvalue weighted by Crippen LogP contribution is -2.25. The third kappa shape index (κ3) is 4.42. The average Bonchev–Trinajstić information content (AvgIpc) is 3.06. The molecule has 0 saturated heterocycles. The standard InChI is InChI=1S/C18H15ClF4N4O2/c1-2-26-9-11-12(18(21,22)23)8-16(29)27(17(11)25-26)6-5-15(28)24-10-3-4-14(20)13(19)7-10/h3-4,7-9H,2,5-6H2,1H3,(H,24,28). The maximum absolute atomic E-state index is 13.3. The average molecular weight is 431 g/mol. The highest BCUT2D eigenvalue weighted by Crippen LogP contribution is 2.33. The fourth-order valence-corrected chi connectivity index (χ4v) is 2.99. The van der Waals surface area contributed by atoms with Crippen molar-refractivity contribution < 1.29 is 22.4 Å². The van der Waals surface area contributed by atoms with Crippen molar-refractivity contribution in [2.75, 3.05) is 5.32 Å². The van der Waals surface area contributed by atoms with Gasteiger partial charge in [-0.2, -0.15) is 18.3 Å². The van der Waals surface area contributed by atoms with Crippen LogP contribution in [0.2, 0.25) is 5.02 Å². The van der Waals surface area contributed by atoms with Crippen LogP contribution in [0.1, 0.15) is 18.9 Å². The first kappa shape index (κ1) is 20.8. The second-order valence-electron chi connectivity index (χ2n) is 6.19. The first-order chi connectivity index (χ1) is 13.6. The van der Waals surface area contributed by atoms with Crippen LogP contribution in [0, 0.1) is 5.82 Å². The molecular weight excluding hydrogens is 416 g/mol. The maximum Gasteiger partial charge on any atom is 0.417 e. The highest BCUT2D eigenvalue weighted by atomic mass is 35.5. The number of benzene rings is 1. The van der Waals surface area contributed by atoms with E-state index in [1.165, 1.54) is 23.0 Å². The van der Waals surface area contributed by atoms with Gasteiger partial charge < -0.3 is 5.32 Å². The molecule has 3 rings (SSSR count). The van der Waals surface area contributed by atoms with Crippen LogP contribution in [-0.4, -0.2) is 20.3 Å². The summed E-state index contributed by atoms with van der Waals surface area (Å²) >= 11 is 5.65. The van der Waals surface area contributed by atoms with Crippen LogP contribution in [0.3, 0.4) is 0 Å². The van der Waals surface area contributed by atoms with E-state index in [2.05, 4.69) is 10.4 Å². The van der Waals surface area contributed by atoms with Gasteiger partial charge in [0, 0.05) is 42.8 Å². The molecule has 2 heterocycles. The lowest BCUT2D eigenvalue weighted by Gasteiger charge is -2.12. The first-order valence-electron chi connectivity index (χ1n) is 8.53. The van der Waals surface area contributed by atoms with Gasteiger partial charge in [0.25, 0.3) is 5.56 Å². The van der Waals surface area contributed by atoms with E-state index in [4.69, 9.17) is 11.6 Å². The number of halogens is 5. The van der Waals surface area contributed by atoms with E-state index in [9.17, 15) is 27.2 Å². The van der Waals surface area contributed by atoms with Gasteiger partial charge in [0.2, 0.25) is 5.91 Å². The number of amides is 1. The Hall–Kier alpha value is -2.88. The zero-order valence-corrected chi connectivity index (χ0v) is 15.8. The molecule has 3 aromatic rings. The summed E-state index contributed by atoms with van der Waals surface area (Å²) in [6.45, 7) is 1.82. The van der Waals surface area contributed by atoms with Crippen molar-refractivity contribution in [3.8, 4) is 0 Å². The molecule has 0 unspecified atom stereocenters. The second kappa shape index (κ2) is 7.86. The van der Waals surface area contributed by atoms with Crippen LogP contribution in [-0.2, 0) is 24.1 Å². The number of carbonyl (C=O) groups is 1. The largest absolute Gasteiger partial charge is 0.417 e. The van der Waals surface area contributed by atoms with Crippen molar-refractivity contribution >= 4 is 34.2 Å². The third-order valence-electron chi connectivity index (χ3n) is 4.22. The van der Waals surface area contributed by atoms with Gasteiger partial charge in [0.05, 0.1) is 10.6 Å². The lowest BCUT2D eigenvalue weighted by molar-refractivity contribution is -0.136. The minimum atomic E-state index is -4.71. The molecule has 2 aromatic heterocycles. The summed E-state index contributed by atoms with van der Waals surface area (Å²) in [6.07, 6.45) is -3.71. The molecule has 0 atom stereocenters. The molecule has 0 aliphatic carbocycles. The van der Waals surface area contributed by atoms with E-state index < -0.39 is 29.0 Å². The van der Waals surface area contributed by atoms with E-state index in [1.807, 2.05) is 0 Å². The molecule has 0 bridgehead atoms. The van der Waals surface area contributed by atoms with Crippen molar-refractivity contribution in [2.45, 2.75) is 32.6 Å². The Morgan fingerprint density at radius 1 is 1.28 bits per heavy atom. The third-order valence-corrected chi connectivity index (χ3v) is 4.51. The van der Waals surface area contributed by atoms with Gasteiger partial charge in [-0.15, -0.1) is 0 Å². The SMILES string of the molecule is CCn1cc2c(C(F)(F)F)cc(=O)n(CCC(=O)Nc3ccc(F)c(Cl)c3)c2n1. The van der Waals surface area contributed by atoms with E-state index in [-0.39, 0.29) is 34.7 Å². The van der Waals surface area contributed by atoms with Crippen LogP contribution in [0.4, 0.5) is 23.2 Å². The molecule has 11 heteroatoms. The number of nitrogens with zero attached hydrogens (tertiary/aromatic N) is 3. The molecule has 1 N–H and O–H groups in total. The van der Waals surface area contributed by atoms with E-state index >= 15 is 0 Å². The Balaban J connectivity index is 1.87. The minimum Gasteiger partial charge on any atom is -0.326 e. The van der Waals surface area contributed by atoms with E-state index in [1.54, 1.807) is 6.92 Å². The second-order valence-corrected chi connectivity index (χ2v) is 6.60. The van der Waals surface area contributed by atoms with Gasteiger partial charge in [0.15, 0.2) is 5.65 Å². The van der Waals surface area contributed by atoms with Crippen LogP contribution in [0.25, 0.3) is 11.0 Å². The molecule has 1 amide bonds. The molecule has 0 aliphatic heterocycles. The first-order valence-corrected chi connectivity index (χ1v) is 8.91. The molecule has 0 fully saturated rings. The van der Waals surface area contributed by atoms with Gasteiger partial charge in [-0.05, 0) is 25.1 Å². The van der Waals surface area contributed by atoms with Crippen molar-refractivity contribution in [1.29, 1.82) is 0 Å². The predicted molar refractivity (Wildman–Crippen MR) is 99.3 cm³/mol. The number of aryl methyl sites for hydroxylation is 2. The number of aromatic nitrogens is 3. The lowest BCUT2D eigenvalue weighted by atomic mass is 10.2. The number of nitrogens with one attached hydrogen (secondary N) is 1. The van der Waals surface area contributed by atoms with Gasteiger partial charge >= 0.3 is 6.18 Å². The smallest absolute Gasteiger partial charge is 0.326 e. The molecule has 6 nitrogen and oxygen atoms in total. The molecule has 0 radical (unpaired) electrons. The number of pyridine rings is 1. The molecular formula is C18H15ClF4N4O2. The summed E-state index contributed by atoms with van der Waals surface area (Å²) in [4.78, 5) is 24.4. The van der Waals surface area contributed by atoms with Gasteiger partial charge in [-0.3, -0.25) is 18.8 Å². The molecule has 1 aromatic carbocycles. The summed E-state index contributed by atoms with van der Waals surface area (Å²) in [6, 6.07) is 4.12. The molecule has 154 valence electrons. The Kier molecular flexibility index (Phi) is 5.65. The van der Waals surface area contributed by atoms with E-state index in [0.717, 1.165) is 10.6 Å². The van der Waals surface area contributed by atoms with Crippen LogP contribution >= 0.6 is 11.6 Å². The van der Waals surface area contributed by atoms with Gasteiger partial charge in [-0.25, -0.2) is 4.39 Å². The number of anilines is 1. The van der Waals surface area contributed by atoms with Gasteiger partial charge in [0.1, 0.15) is 5.82 Å². The van der Waals surface area contributed by atoms with Gasteiger partial charge in [-0.1, -0.05) is 11.6 Å². The Morgan fingerprint density at radius 2 is 2.00 bits per heavy atom. The fraction of sp³-hybridized carbons (Fsp3) is 0.278. The van der Waals surface area contributed by atoms with Crippen LogP contribution in [0.5, 0.6) is 0 Å². The maximum atomic E-state index is 13.3.